The van der Waals surface area contributed by atoms with E-state index in [9.17, 15) is 9.90 Å². The van der Waals surface area contributed by atoms with E-state index >= 15 is 0 Å². The Morgan fingerprint density at radius 1 is 1.56 bits per heavy atom. The van der Waals surface area contributed by atoms with E-state index in [1.165, 1.54) is 30.1 Å². The number of rotatable bonds is 3. The SMILES string of the molecule is CC(/C(N)=N/O)N(C)C(=O)c1cc(O)ccc1Cl. The number of amides is 1. The highest BCUT2D eigenvalue weighted by Crippen LogP contribution is 2.22. The predicted molar refractivity (Wildman–Crippen MR) is 68.1 cm³/mol. The lowest BCUT2D eigenvalue weighted by Gasteiger charge is -2.24. The van der Waals surface area contributed by atoms with Crippen molar-refractivity contribution < 1.29 is 15.1 Å². The number of amidine groups is 1. The van der Waals surface area contributed by atoms with E-state index in [1.807, 2.05) is 0 Å². The van der Waals surface area contributed by atoms with Gasteiger partial charge in [-0.1, -0.05) is 16.8 Å². The van der Waals surface area contributed by atoms with Crippen LogP contribution in [-0.2, 0) is 0 Å². The number of aromatic hydroxyl groups is 1. The molecule has 0 fully saturated rings. The van der Waals surface area contributed by atoms with Crippen molar-refractivity contribution in [1.82, 2.24) is 4.90 Å². The number of hydrogen-bond donors (Lipinski definition) is 3. The Labute approximate surface area is 109 Å². The van der Waals surface area contributed by atoms with Gasteiger partial charge in [0.1, 0.15) is 5.75 Å². The number of phenols is 1. The zero-order valence-corrected chi connectivity index (χ0v) is 10.7. The Balaban J connectivity index is 3.03. The minimum Gasteiger partial charge on any atom is -0.508 e. The van der Waals surface area contributed by atoms with Gasteiger partial charge in [-0.2, -0.15) is 0 Å². The lowest BCUT2D eigenvalue weighted by atomic mass is 10.1. The molecule has 0 aliphatic carbocycles. The topological polar surface area (TPSA) is 99.2 Å². The first-order chi connectivity index (χ1) is 8.38. The summed E-state index contributed by atoms with van der Waals surface area (Å²) in [6.45, 7) is 1.60. The minimum absolute atomic E-state index is 0.0624. The van der Waals surface area contributed by atoms with Crippen LogP contribution >= 0.6 is 11.6 Å². The summed E-state index contributed by atoms with van der Waals surface area (Å²) in [6.07, 6.45) is 0. The van der Waals surface area contributed by atoms with Crippen LogP contribution in [0.3, 0.4) is 0 Å². The van der Waals surface area contributed by atoms with Crippen molar-refractivity contribution >= 4 is 23.3 Å². The largest absolute Gasteiger partial charge is 0.508 e. The van der Waals surface area contributed by atoms with Gasteiger partial charge >= 0.3 is 0 Å². The molecule has 0 saturated carbocycles. The van der Waals surface area contributed by atoms with Crippen LogP contribution in [0.15, 0.2) is 23.4 Å². The highest BCUT2D eigenvalue weighted by molar-refractivity contribution is 6.33. The molecule has 98 valence electrons. The summed E-state index contributed by atoms with van der Waals surface area (Å²) in [6, 6.07) is 3.47. The molecular formula is C11H14ClN3O3. The van der Waals surface area contributed by atoms with E-state index in [0.717, 1.165) is 0 Å². The molecule has 7 heteroatoms. The average molecular weight is 272 g/mol. The molecule has 0 saturated heterocycles. The predicted octanol–water partition coefficient (Wildman–Crippen LogP) is 1.25. The third-order valence-electron chi connectivity index (χ3n) is 2.63. The van der Waals surface area contributed by atoms with Crippen molar-refractivity contribution in [2.75, 3.05) is 7.05 Å². The van der Waals surface area contributed by atoms with Crippen molar-refractivity contribution in [3.63, 3.8) is 0 Å². The molecule has 0 bridgehead atoms. The van der Waals surface area contributed by atoms with Crippen LogP contribution in [0.25, 0.3) is 0 Å². The summed E-state index contributed by atoms with van der Waals surface area (Å²) in [5.41, 5.74) is 5.57. The van der Waals surface area contributed by atoms with Crippen LogP contribution in [0.2, 0.25) is 5.02 Å². The maximum absolute atomic E-state index is 12.1. The van der Waals surface area contributed by atoms with Crippen LogP contribution in [-0.4, -0.2) is 40.0 Å². The number of benzene rings is 1. The molecule has 0 aromatic heterocycles. The van der Waals surface area contributed by atoms with Gasteiger partial charge in [-0.25, -0.2) is 0 Å². The van der Waals surface area contributed by atoms with Gasteiger partial charge in [-0.3, -0.25) is 4.79 Å². The number of oxime groups is 1. The van der Waals surface area contributed by atoms with Gasteiger partial charge in [0.2, 0.25) is 0 Å². The summed E-state index contributed by atoms with van der Waals surface area (Å²) in [5, 5.41) is 21.0. The van der Waals surface area contributed by atoms with Crippen molar-refractivity contribution in [3.05, 3.63) is 28.8 Å². The molecule has 1 unspecified atom stereocenters. The molecule has 0 heterocycles. The minimum atomic E-state index is -0.596. The Hall–Kier alpha value is -1.95. The molecular weight excluding hydrogens is 258 g/mol. The second kappa shape index (κ2) is 5.59. The molecule has 0 aliphatic heterocycles. The molecule has 6 nitrogen and oxygen atoms in total. The van der Waals surface area contributed by atoms with E-state index in [4.69, 9.17) is 22.5 Å². The summed E-state index contributed by atoms with van der Waals surface area (Å²) in [7, 11) is 1.49. The standard InChI is InChI=1S/C11H14ClN3O3/c1-6(10(13)14-18)15(2)11(17)8-5-7(16)3-4-9(8)12/h3-6,16,18H,1-2H3,(H2,13,14). The third-order valence-corrected chi connectivity index (χ3v) is 2.95. The maximum atomic E-state index is 12.1. The molecule has 1 aromatic carbocycles. The monoisotopic (exact) mass is 271 g/mol. The fraction of sp³-hybridized carbons (Fsp3) is 0.273. The van der Waals surface area contributed by atoms with Crippen LogP contribution < -0.4 is 5.73 Å². The summed E-state index contributed by atoms with van der Waals surface area (Å²) < 4.78 is 0. The summed E-state index contributed by atoms with van der Waals surface area (Å²) in [5.74, 6) is -0.593. The van der Waals surface area contributed by atoms with E-state index in [1.54, 1.807) is 6.92 Å². The third kappa shape index (κ3) is 2.84. The molecule has 1 amide bonds. The molecule has 0 radical (unpaired) electrons. The number of halogens is 1. The molecule has 1 atom stereocenters. The Kier molecular flexibility index (Phi) is 4.38. The molecule has 0 aliphatic rings. The molecule has 18 heavy (non-hydrogen) atoms. The van der Waals surface area contributed by atoms with Crippen LogP contribution in [0.1, 0.15) is 17.3 Å². The van der Waals surface area contributed by atoms with Gasteiger partial charge in [0, 0.05) is 7.05 Å². The smallest absolute Gasteiger partial charge is 0.255 e. The fourth-order valence-corrected chi connectivity index (χ4v) is 1.52. The van der Waals surface area contributed by atoms with E-state index in [2.05, 4.69) is 5.16 Å². The number of carbonyl (C=O) groups is 1. The van der Waals surface area contributed by atoms with Crippen LogP contribution in [0, 0.1) is 0 Å². The molecule has 1 rings (SSSR count). The maximum Gasteiger partial charge on any atom is 0.255 e. The van der Waals surface area contributed by atoms with Crippen molar-refractivity contribution in [2.24, 2.45) is 10.9 Å². The first kappa shape index (κ1) is 14.1. The van der Waals surface area contributed by atoms with Gasteiger partial charge < -0.3 is 20.9 Å². The van der Waals surface area contributed by atoms with E-state index in [0.29, 0.717) is 0 Å². The Bertz CT molecular complexity index is 490. The zero-order valence-electron chi connectivity index (χ0n) is 9.96. The second-order valence-electron chi connectivity index (χ2n) is 3.78. The number of nitrogens with two attached hydrogens (primary N) is 1. The highest BCUT2D eigenvalue weighted by Gasteiger charge is 2.22. The number of nitrogens with zero attached hydrogens (tertiary/aromatic N) is 2. The Morgan fingerprint density at radius 3 is 2.72 bits per heavy atom. The van der Waals surface area contributed by atoms with Gasteiger partial charge in [0.25, 0.3) is 5.91 Å². The molecule has 0 spiro atoms. The number of phenolic OH excluding ortho intramolecular Hbond substituents is 1. The highest BCUT2D eigenvalue weighted by atomic mass is 35.5. The molecule has 4 N–H and O–H groups in total. The quantitative estimate of drug-likeness (QED) is 0.333. The van der Waals surface area contributed by atoms with Crippen molar-refractivity contribution in [1.29, 1.82) is 0 Å². The first-order valence-electron chi connectivity index (χ1n) is 5.11. The fourth-order valence-electron chi connectivity index (χ4n) is 1.32. The Morgan fingerprint density at radius 2 is 2.17 bits per heavy atom. The summed E-state index contributed by atoms with van der Waals surface area (Å²) in [4.78, 5) is 13.4. The van der Waals surface area contributed by atoms with Crippen LogP contribution in [0.5, 0.6) is 5.75 Å². The van der Waals surface area contributed by atoms with Crippen LogP contribution in [0.4, 0.5) is 0 Å². The number of likely N-dealkylation sites (N-methyl/N-ethyl adjacent to an activating group) is 1. The zero-order chi connectivity index (χ0) is 13.9. The lowest BCUT2D eigenvalue weighted by Crippen LogP contribution is -2.43. The lowest BCUT2D eigenvalue weighted by molar-refractivity contribution is 0.0776. The molecule has 1 aromatic rings. The van der Waals surface area contributed by atoms with Gasteiger partial charge in [0.05, 0.1) is 16.6 Å². The number of carbonyl (C=O) groups excluding carboxylic acids is 1. The average Bonchev–Trinajstić information content (AvgIpc) is 2.38. The van der Waals surface area contributed by atoms with Gasteiger partial charge in [-0.05, 0) is 25.1 Å². The van der Waals surface area contributed by atoms with Gasteiger partial charge in [0.15, 0.2) is 5.84 Å². The van der Waals surface area contributed by atoms with E-state index < -0.39 is 11.9 Å². The van der Waals surface area contributed by atoms with Crippen molar-refractivity contribution in [3.8, 4) is 5.75 Å². The second-order valence-corrected chi connectivity index (χ2v) is 4.19. The van der Waals surface area contributed by atoms with E-state index in [-0.39, 0.29) is 22.2 Å². The number of hydrogen-bond acceptors (Lipinski definition) is 4. The van der Waals surface area contributed by atoms with Crippen molar-refractivity contribution in [2.45, 2.75) is 13.0 Å². The summed E-state index contributed by atoms with van der Waals surface area (Å²) >= 11 is 5.88. The van der Waals surface area contributed by atoms with Gasteiger partial charge in [-0.15, -0.1) is 0 Å². The normalized spacial score (nSPS) is 13.2. The first-order valence-corrected chi connectivity index (χ1v) is 5.49.